The van der Waals surface area contributed by atoms with Crippen LogP contribution in [0.15, 0.2) is 0 Å². The Bertz CT molecular complexity index is 514. The quantitative estimate of drug-likeness (QED) is 0.228. The summed E-state index contributed by atoms with van der Waals surface area (Å²) in [5.74, 6) is 0. The van der Waals surface area contributed by atoms with Crippen LogP contribution in [-0.2, 0) is 31.3 Å². The third-order valence-electron chi connectivity index (χ3n) is 6.45. The number of fused-ring (bicyclic) bond motifs is 6. The van der Waals surface area contributed by atoms with E-state index < -0.39 is 17.6 Å². The van der Waals surface area contributed by atoms with Crippen molar-refractivity contribution in [1.29, 1.82) is 0 Å². The van der Waals surface area contributed by atoms with Gasteiger partial charge < -0.3 is 31.3 Å². The lowest BCUT2D eigenvalue weighted by Crippen LogP contribution is -2.61. The molecule has 0 aromatic heterocycles. The van der Waals surface area contributed by atoms with Gasteiger partial charge in [0.1, 0.15) is 0 Å². The van der Waals surface area contributed by atoms with Gasteiger partial charge in [-0.1, -0.05) is 12.8 Å². The smallest absolute Gasteiger partial charge is 0.377 e. The summed E-state index contributed by atoms with van der Waals surface area (Å²) in [5.41, 5.74) is 0. The summed E-state index contributed by atoms with van der Waals surface area (Å²) in [6.45, 7) is 8.09. The molecule has 2 bridgehead atoms. The van der Waals surface area contributed by atoms with Gasteiger partial charge >= 0.3 is 17.6 Å². The minimum Gasteiger partial charge on any atom is -0.377 e. The highest BCUT2D eigenvalue weighted by molar-refractivity contribution is 6.61. The molecule has 31 heavy (non-hydrogen) atoms. The van der Waals surface area contributed by atoms with E-state index in [4.69, 9.17) is 31.3 Å². The van der Waals surface area contributed by atoms with Crippen molar-refractivity contribution in [2.75, 3.05) is 47.6 Å². The van der Waals surface area contributed by atoms with Gasteiger partial charge in [-0.05, 0) is 39.5 Å². The minimum absolute atomic E-state index is 0.141. The van der Waals surface area contributed by atoms with E-state index >= 15 is 0 Å². The predicted molar refractivity (Wildman–Crippen MR) is 122 cm³/mol. The van der Waals surface area contributed by atoms with E-state index in [-0.39, 0.29) is 18.3 Å². The zero-order chi connectivity index (χ0) is 22.3. The minimum atomic E-state index is -2.72. The third-order valence-corrected chi connectivity index (χ3v) is 12.5. The van der Waals surface area contributed by atoms with Crippen molar-refractivity contribution in [1.82, 2.24) is 4.90 Å². The van der Waals surface area contributed by atoms with Crippen molar-refractivity contribution in [3.8, 4) is 0 Å². The molecule has 8 nitrogen and oxygen atoms in total. The molecule has 10 heteroatoms. The molecule has 0 amide bonds. The van der Waals surface area contributed by atoms with Crippen LogP contribution in [-0.4, -0.2) is 94.5 Å². The Morgan fingerprint density at radius 1 is 0.806 bits per heavy atom. The molecular formula is C21H43NO7Si2. The highest BCUT2D eigenvalue weighted by atomic mass is 28.4. The van der Waals surface area contributed by atoms with Crippen molar-refractivity contribution in [3.63, 3.8) is 0 Å². The average molecular weight is 478 g/mol. The molecule has 0 aliphatic carbocycles. The second-order valence-corrected chi connectivity index (χ2v) is 14.9. The van der Waals surface area contributed by atoms with E-state index in [1.165, 1.54) is 0 Å². The maximum Gasteiger partial charge on any atom is 0.501 e. The van der Waals surface area contributed by atoms with Crippen molar-refractivity contribution in [3.05, 3.63) is 0 Å². The number of ether oxygens (including phenoxy) is 1. The van der Waals surface area contributed by atoms with Crippen LogP contribution < -0.4 is 0 Å². The number of hydrogen-bond donors (Lipinski definition) is 0. The first kappa shape index (κ1) is 25.7. The summed E-state index contributed by atoms with van der Waals surface area (Å²) >= 11 is 0. The highest BCUT2D eigenvalue weighted by Gasteiger charge is 2.49. The van der Waals surface area contributed by atoms with Gasteiger partial charge in [0.15, 0.2) is 0 Å². The van der Waals surface area contributed by atoms with Crippen LogP contribution in [0.2, 0.25) is 12.1 Å². The monoisotopic (exact) mass is 477 g/mol. The number of epoxide rings is 1. The normalized spacial score (nSPS) is 36.1. The summed E-state index contributed by atoms with van der Waals surface area (Å²) in [5, 5.41) is 0. The second-order valence-electron chi connectivity index (χ2n) is 9.24. The zero-order valence-electron chi connectivity index (χ0n) is 20.1. The summed E-state index contributed by atoms with van der Waals surface area (Å²) < 4.78 is 41.9. The Balaban J connectivity index is 1.57. The molecule has 0 saturated carbocycles. The van der Waals surface area contributed by atoms with Gasteiger partial charge in [0.2, 0.25) is 0 Å². The molecule has 0 radical (unpaired) electrons. The Hall–Kier alpha value is 0.114. The van der Waals surface area contributed by atoms with E-state index in [1.807, 2.05) is 0 Å². The summed E-state index contributed by atoms with van der Waals surface area (Å²) in [7, 11) is -0.203. The molecule has 4 aliphatic rings. The van der Waals surface area contributed by atoms with Crippen LogP contribution in [0, 0.1) is 0 Å². The maximum absolute atomic E-state index is 6.76. The van der Waals surface area contributed by atoms with Gasteiger partial charge in [-0.25, -0.2) is 0 Å². The molecule has 4 atom stereocenters. The van der Waals surface area contributed by atoms with Crippen molar-refractivity contribution in [2.24, 2.45) is 0 Å². The van der Waals surface area contributed by atoms with Crippen LogP contribution >= 0.6 is 0 Å². The Kier molecular flexibility index (Phi) is 9.96. The fourth-order valence-electron chi connectivity index (χ4n) is 4.85. The third kappa shape index (κ3) is 7.84. The standard InChI is InChI=1S/C21H43NO7Si2/c1-18-14-22-15-19(2)28-31(27-18,13-9-7-11-21-17-26-21)29-20(16-22)10-6-8-12-30(23-3,24-4)25-5/h18-21H,6-17H2,1-5H3. The predicted octanol–water partition coefficient (Wildman–Crippen LogP) is 3.07. The molecule has 0 N–H and O–H groups in total. The molecule has 4 rings (SSSR count). The summed E-state index contributed by atoms with van der Waals surface area (Å²) in [4.78, 5) is 2.44. The molecule has 4 fully saturated rings. The van der Waals surface area contributed by atoms with Crippen LogP contribution in [0.1, 0.15) is 52.4 Å². The molecule has 0 aromatic rings. The number of hydrogen-bond acceptors (Lipinski definition) is 8. The van der Waals surface area contributed by atoms with Crippen molar-refractivity contribution >= 4 is 17.6 Å². The Labute approximate surface area is 190 Å². The number of unbranched alkanes of at least 4 members (excludes halogenated alkanes) is 2. The van der Waals surface area contributed by atoms with Crippen molar-refractivity contribution in [2.45, 2.75) is 88.9 Å². The van der Waals surface area contributed by atoms with Crippen LogP contribution in [0.25, 0.3) is 0 Å². The lowest BCUT2D eigenvalue weighted by atomic mass is 10.1. The van der Waals surface area contributed by atoms with E-state index in [2.05, 4.69) is 18.7 Å². The van der Waals surface area contributed by atoms with Crippen LogP contribution in [0.3, 0.4) is 0 Å². The van der Waals surface area contributed by atoms with Gasteiger partial charge in [0.05, 0.1) is 31.0 Å². The maximum atomic E-state index is 6.76. The largest absolute Gasteiger partial charge is 0.501 e. The first-order valence-electron chi connectivity index (χ1n) is 11.9. The SMILES string of the molecule is CO[Si](CCCCC1CN2CC(C)O[Si](CCCCC3CO3)(OC(C)C2)O1)(OC)OC. The summed E-state index contributed by atoms with van der Waals surface area (Å²) in [6, 6.07) is 1.72. The van der Waals surface area contributed by atoms with Gasteiger partial charge in [0.25, 0.3) is 0 Å². The second kappa shape index (κ2) is 12.0. The Morgan fingerprint density at radius 2 is 1.39 bits per heavy atom. The lowest BCUT2D eigenvalue weighted by Gasteiger charge is -2.46. The molecule has 4 saturated heterocycles. The van der Waals surface area contributed by atoms with E-state index in [0.29, 0.717) is 6.10 Å². The molecule has 0 spiro atoms. The zero-order valence-corrected chi connectivity index (χ0v) is 22.1. The van der Waals surface area contributed by atoms with Crippen LogP contribution in [0.4, 0.5) is 0 Å². The van der Waals surface area contributed by atoms with E-state index in [1.54, 1.807) is 21.3 Å². The molecule has 182 valence electrons. The number of nitrogens with zero attached hydrogens (tertiary/aromatic N) is 1. The molecule has 4 heterocycles. The first-order chi connectivity index (χ1) is 14.9. The lowest BCUT2D eigenvalue weighted by molar-refractivity contribution is -0.0848. The van der Waals surface area contributed by atoms with Gasteiger partial charge in [-0.15, -0.1) is 0 Å². The first-order valence-corrected chi connectivity index (χ1v) is 15.8. The molecule has 4 aliphatic heterocycles. The fraction of sp³-hybridized carbons (Fsp3) is 1.00. The molecule has 0 aromatic carbocycles. The molecule has 4 unspecified atom stereocenters. The average Bonchev–Trinajstić information content (AvgIpc) is 3.53. The highest BCUT2D eigenvalue weighted by Crippen LogP contribution is 2.32. The van der Waals surface area contributed by atoms with Crippen LogP contribution in [0.5, 0.6) is 0 Å². The van der Waals surface area contributed by atoms with E-state index in [0.717, 1.165) is 76.9 Å². The molecular weight excluding hydrogens is 434 g/mol. The fourth-order valence-corrected chi connectivity index (χ4v) is 9.92. The van der Waals surface area contributed by atoms with Crippen molar-refractivity contribution < 1.29 is 31.3 Å². The van der Waals surface area contributed by atoms with E-state index in [9.17, 15) is 0 Å². The topological polar surface area (TPSA) is 71.2 Å². The number of rotatable bonds is 13. The van der Waals surface area contributed by atoms with Gasteiger partial charge in [-0.3, -0.25) is 4.90 Å². The van der Waals surface area contributed by atoms with Gasteiger partial charge in [0, 0.05) is 53.1 Å². The van der Waals surface area contributed by atoms with Gasteiger partial charge in [-0.2, -0.15) is 0 Å². The Morgan fingerprint density at radius 3 is 1.97 bits per heavy atom. The summed E-state index contributed by atoms with van der Waals surface area (Å²) in [6.07, 6.45) is 7.28.